The minimum absolute atomic E-state index is 0.318. The Morgan fingerprint density at radius 3 is 2.70 bits per heavy atom. The molecule has 0 amide bonds. The molecule has 2 heterocycles. The first-order chi connectivity index (χ1) is 11.2. The first-order valence-corrected chi connectivity index (χ1v) is 9.69. The smallest absolute Gasteiger partial charge is 0.161 e. The van der Waals surface area contributed by atoms with Crippen LogP contribution in [0.4, 0.5) is 0 Å². The van der Waals surface area contributed by atoms with Crippen molar-refractivity contribution in [2.45, 2.75) is 31.4 Å². The number of hydrogen-bond donors (Lipinski definition) is 1. The quantitative estimate of drug-likeness (QED) is 0.896. The molecule has 0 spiro atoms. The van der Waals surface area contributed by atoms with Crippen molar-refractivity contribution >= 4 is 11.8 Å². The lowest BCUT2D eigenvalue weighted by Crippen LogP contribution is -2.23. The summed E-state index contributed by atoms with van der Waals surface area (Å²) in [5.41, 5.74) is 7.17. The summed E-state index contributed by atoms with van der Waals surface area (Å²) in [5, 5.41) is 0. The molecular weight excluding hydrogens is 308 g/mol. The van der Waals surface area contributed by atoms with E-state index in [0.29, 0.717) is 18.1 Å². The van der Waals surface area contributed by atoms with Crippen LogP contribution in [0.25, 0.3) is 0 Å². The zero-order valence-corrected chi connectivity index (χ0v) is 15.0. The van der Waals surface area contributed by atoms with Crippen molar-refractivity contribution in [1.82, 2.24) is 4.90 Å². The highest BCUT2D eigenvalue weighted by atomic mass is 32.2. The summed E-state index contributed by atoms with van der Waals surface area (Å²) in [7, 11) is 3.90. The van der Waals surface area contributed by atoms with Gasteiger partial charge in [-0.1, -0.05) is 6.07 Å². The second-order valence-corrected chi connectivity index (χ2v) is 7.86. The van der Waals surface area contributed by atoms with Gasteiger partial charge in [-0.25, -0.2) is 0 Å². The molecule has 3 rings (SSSR count). The van der Waals surface area contributed by atoms with Crippen LogP contribution in [0, 0.1) is 5.92 Å². The molecule has 2 saturated heterocycles. The number of hydrogen-bond acceptors (Lipinski definition) is 5. The fraction of sp³-hybridized carbons (Fsp3) is 0.667. The molecule has 0 radical (unpaired) electrons. The lowest BCUT2D eigenvalue weighted by molar-refractivity contribution is 0.184. The molecule has 1 aromatic carbocycles. The normalized spacial score (nSPS) is 26.4. The van der Waals surface area contributed by atoms with E-state index in [-0.39, 0.29) is 0 Å². The Morgan fingerprint density at radius 2 is 2.04 bits per heavy atom. The molecule has 2 N–H and O–H groups in total. The molecule has 2 fully saturated rings. The van der Waals surface area contributed by atoms with Crippen molar-refractivity contribution in [3.05, 3.63) is 23.8 Å². The van der Waals surface area contributed by atoms with E-state index in [1.807, 2.05) is 17.8 Å². The van der Waals surface area contributed by atoms with Gasteiger partial charge in [-0.05, 0) is 68.0 Å². The highest BCUT2D eigenvalue weighted by Crippen LogP contribution is 2.38. The van der Waals surface area contributed by atoms with Crippen LogP contribution < -0.4 is 15.2 Å². The second-order valence-electron chi connectivity index (χ2n) is 6.63. The van der Waals surface area contributed by atoms with Crippen LogP contribution in [0.15, 0.2) is 18.2 Å². The van der Waals surface area contributed by atoms with E-state index in [2.05, 4.69) is 24.1 Å². The first kappa shape index (κ1) is 16.9. The Hall–Kier alpha value is -0.910. The fourth-order valence-electron chi connectivity index (χ4n) is 3.63. The van der Waals surface area contributed by atoms with E-state index in [9.17, 15) is 0 Å². The third kappa shape index (κ3) is 3.95. The lowest BCUT2D eigenvalue weighted by Gasteiger charge is -2.25. The van der Waals surface area contributed by atoms with Gasteiger partial charge in [0.2, 0.25) is 0 Å². The summed E-state index contributed by atoms with van der Waals surface area (Å²) in [6, 6.07) is 6.83. The number of nitrogens with zero attached hydrogens (tertiary/aromatic N) is 1. The molecule has 1 aromatic rings. The summed E-state index contributed by atoms with van der Waals surface area (Å²) >= 11 is 2.02. The Balaban J connectivity index is 1.78. The van der Waals surface area contributed by atoms with Gasteiger partial charge >= 0.3 is 0 Å². The maximum absolute atomic E-state index is 6.28. The second kappa shape index (κ2) is 7.77. The van der Waals surface area contributed by atoms with E-state index in [0.717, 1.165) is 43.9 Å². The molecule has 4 nitrogen and oxygen atoms in total. The minimum atomic E-state index is 0.318. The molecule has 2 unspecified atom stereocenters. The van der Waals surface area contributed by atoms with Crippen molar-refractivity contribution < 1.29 is 9.47 Å². The third-order valence-electron chi connectivity index (χ3n) is 5.00. The number of nitrogens with two attached hydrogens (primary N) is 1. The average Bonchev–Trinajstić information content (AvgIpc) is 2.97. The average molecular weight is 337 g/mol. The molecular formula is C18H28N2O2S. The summed E-state index contributed by atoms with van der Waals surface area (Å²) < 4.78 is 11.8. The van der Waals surface area contributed by atoms with E-state index in [1.54, 1.807) is 7.11 Å². The molecule has 2 aliphatic rings. The highest BCUT2D eigenvalue weighted by molar-refractivity contribution is 7.99. The maximum Gasteiger partial charge on any atom is 0.161 e. The van der Waals surface area contributed by atoms with Gasteiger partial charge in [0.25, 0.3) is 0 Å². The molecule has 5 heteroatoms. The van der Waals surface area contributed by atoms with Crippen LogP contribution in [-0.2, 0) is 0 Å². The molecule has 2 aliphatic heterocycles. The Morgan fingerprint density at radius 1 is 1.26 bits per heavy atom. The topological polar surface area (TPSA) is 47.7 Å². The van der Waals surface area contributed by atoms with Gasteiger partial charge in [-0.3, -0.25) is 4.90 Å². The number of benzene rings is 1. The zero-order chi connectivity index (χ0) is 16.2. The van der Waals surface area contributed by atoms with E-state index in [4.69, 9.17) is 15.2 Å². The van der Waals surface area contributed by atoms with Crippen LogP contribution in [0.5, 0.6) is 11.5 Å². The summed E-state index contributed by atoms with van der Waals surface area (Å²) in [6.07, 6.45) is 3.69. The standard InChI is InChI=1S/C18H28N2O2S/c1-20-12-13(11-19)9-16(20)14-3-4-17(21-2)18(10-14)22-15-5-7-23-8-6-15/h3-4,10,13,15-16H,5-9,11-12,19H2,1-2H3. The van der Waals surface area contributed by atoms with Gasteiger partial charge in [0.15, 0.2) is 11.5 Å². The van der Waals surface area contributed by atoms with E-state index in [1.165, 1.54) is 17.1 Å². The molecule has 0 saturated carbocycles. The van der Waals surface area contributed by atoms with Gasteiger partial charge in [-0.2, -0.15) is 11.8 Å². The van der Waals surface area contributed by atoms with Crippen LogP contribution in [0.3, 0.4) is 0 Å². The van der Waals surface area contributed by atoms with Crippen molar-refractivity contribution in [1.29, 1.82) is 0 Å². The third-order valence-corrected chi connectivity index (χ3v) is 6.05. The van der Waals surface area contributed by atoms with E-state index >= 15 is 0 Å². The highest BCUT2D eigenvalue weighted by Gasteiger charge is 2.30. The Kier molecular flexibility index (Phi) is 5.72. The monoisotopic (exact) mass is 336 g/mol. The summed E-state index contributed by atoms with van der Waals surface area (Å²) in [4.78, 5) is 2.40. The van der Waals surface area contributed by atoms with Crippen molar-refractivity contribution in [2.75, 3.05) is 38.8 Å². The van der Waals surface area contributed by atoms with Crippen molar-refractivity contribution in [3.8, 4) is 11.5 Å². The van der Waals surface area contributed by atoms with Crippen molar-refractivity contribution in [2.24, 2.45) is 11.7 Å². The zero-order valence-electron chi connectivity index (χ0n) is 14.2. The predicted molar refractivity (Wildman–Crippen MR) is 96.5 cm³/mol. The van der Waals surface area contributed by atoms with Crippen LogP contribution in [-0.4, -0.2) is 49.8 Å². The number of ether oxygens (including phenoxy) is 2. The van der Waals surface area contributed by atoms with Crippen molar-refractivity contribution in [3.63, 3.8) is 0 Å². The van der Waals surface area contributed by atoms with E-state index < -0.39 is 0 Å². The molecule has 23 heavy (non-hydrogen) atoms. The Labute approximate surface area is 143 Å². The molecule has 0 aromatic heterocycles. The van der Waals surface area contributed by atoms with Gasteiger partial charge in [0.05, 0.1) is 7.11 Å². The summed E-state index contributed by atoms with van der Waals surface area (Å²) in [6.45, 7) is 1.84. The summed E-state index contributed by atoms with van der Waals surface area (Å²) in [5.74, 6) is 4.70. The first-order valence-electron chi connectivity index (χ1n) is 8.54. The van der Waals surface area contributed by atoms with Crippen LogP contribution in [0.2, 0.25) is 0 Å². The number of thioether (sulfide) groups is 1. The van der Waals surface area contributed by atoms with Gasteiger partial charge in [0.1, 0.15) is 6.10 Å². The minimum Gasteiger partial charge on any atom is -0.493 e. The number of methoxy groups -OCH3 is 1. The molecule has 128 valence electrons. The molecule has 0 aliphatic carbocycles. The molecule has 0 bridgehead atoms. The van der Waals surface area contributed by atoms with Gasteiger partial charge in [-0.15, -0.1) is 0 Å². The lowest BCUT2D eigenvalue weighted by atomic mass is 9.99. The van der Waals surface area contributed by atoms with Crippen LogP contribution in [0.1, 0.15) is 30.9 Å². The fourth-order valence-corrected chi connectivity index (χ4v) is 4.70. The Bertz CT molecular complexity index is 520. The van der Waals surface area contributed by atoms with Gasteiger partial charge in [0, 0.05) is 12.6 Å². The maximum atomic E-state index is 6.28. The predicted octanol–water partition coefficient (Wildman–Crippen LogP) is 2.92. The molecule has 2 atom stereocenters. The SMILES string of the molecule is COc1ccc(C2CC(CN)CN2C)cc1OC1CCSCC1. The largest absolute Gasteiger partial charge is 0.493 e. The van der Waals surface area contributed by atoms with Crippen LogP contribution >= 0.6 is 11.8 Å². The van der Waals surface area contributed by atoms with Gasteiger partial charge < -0.3 is 15.2 Å². The number of likely N-dealkylation sites (tertiary alicyclic amines) is 1. The number of rotatable bonds is 5.